The Morgan fingerprint density at radius 1 is 1.00 bits per heavy atom. The quantitative estimate of drug-likeness (QED) is 0.607. The Morgan fingerprint density at radius 2 is 1.65 bits per heavy atom. The Bertz CT molecular complexity index is 683. The lowest BCUT2D eigenvalue weighted by Gasteiger charge is -2.04. The van der Waals surface area contributed by atoms with Gasteiger partial charge in [0, 0.05) is 5.39 Å². The van der Waals surface area contributed by atoms with Gasteiger partial charge in [-0.05, 0) is 11.5 Å². The number of nitrogens with two attached hydrogens (primary N) is 2. The van der Waals surface area contributed by atoms with Crippen molar-refractivity contribution in [2.45, 2.75) is 4.90 Å². The lowest BCUT2D eigenvalue weighted by molar-refractivity contribution is 0.599. The van der Waals surface area contributed by atoms with Crippen LogP contribution in [0.25, 0.3) is 10.8 Å². The van der Waals surface area contributed by atoms with E-state index in [2.05, 4.69) is 4.40 Å². The third kappa shape index (κ3) is 2.21. The highest BCUT2D eigenvalue weighted by atomic mass is 32.2. The minimum atomic E-state index is -3.85. The monoisotopic (exact) mass is 249 g/mol. The van der Waals surface area contributed by atoms with Gasteiger partial charge in [0.1, 0.15) is 0 Å². The molecule has 6 heteroatoms. The molecule has 0 saturated carbocycles. The molecule has 0 aliphatic rings. The topological polar surface area (TPSA) is 98.5 Å². The maximum Gasteiger partial charge on any atom is 0.286 e. The highest BCUT2D eigenvalue weighted by Gasteiger charge is 2.15. The van der Waals surface area contributed by atoms with Crippen LogP contribution in [0.4, 0.5) is 0 Å². The zero-order valence-electron chi connectivity index (χ0n) is 8.87. The van der Waals surface area contributed by atoms with Crippen LogP contribution < -0.4 is 11.5 Å². The summed E-state index contributed by atoms with van der Waals surface area (Å²) in [5, 5.41) is 1.42. The second-order valence-electron chi connectivity index (χ2n) is 3.47. The van der Waals surface area contributed by atoms with Gasteiger partial charge in [-0.15, -0.1) is 4.40 Å². The fourth-order valence-corrected chi connectivity index (χ4v) is 2.70. The molecule has 88 valence electrons. The molecule has 0 unspecified atom stereocenters. The molecule has 0 spiro atoms. The number of hydrogen-bond acceptors (Lipinski definition) is 2. The Hall–Kier alpha value is -2.08. The molecule has 2 rings (SSSR count). The van der Waals surface area contributed by atoms with Crippen molar-refractivity contribution < 1.29 is 8.42 Å². The summed E-state index contributed by atoms with van der Waals surface area (Å²) in [7, 11) is -3.85. The summed E-state index contributed by atoms with van der Waals surface area (Å²) in [6, 6.07) is 12.1. The zero-order valence-corrected chi connectivity index (χ0v) is 9.68. The van der Waals surface area contributed by atoms with Gasteiger partial charge in [0.2, 0.25) is 5.96 Å². The molecule has 0 bridgehead atoms. The lowest BCUT2D eigenvalue weighted by atomic mass is 10.1. The van der Waals surface area contributed by atoms with E-state index in [1.807, 2.05) is 18.2 Å². The van der Waals surface area contributed by atoms with Crippen molar-refractivity contribution in [3.05, 3.63) is 42.5 Å². The summed E-state index contributed by atoms with van der Waals surface area (Å²) in [5.41, 5.74) is 10.2. The largest absolute Gasteiger partial charge is 0.369 e. The van der Waals surface area contributed by atoms with Gasteiger partial charge in [-0.3, -0.25) is 0 Å². The van der Waals surface area contributed by atoms with Crippen molar-refractivity contribution in [1.29, 1.82) is 0 Å². The Balaban J connectivity index is 2.77. The van der Waals surface area contributed by atoms with Crippen molar-refractivity contribution in [2.75, 3.05) is 0 Å². The zero-order chi connectivity index (χ0) is 12.5. The van der Waals surface area contributed by atoms with E-state index in [0.717, 1.165) is 5.39 Å². The fourth-order valence-electron chi connectivity index (χ4n) is 1.61. The number of benzene rings is 2. The van der Waals surface area contributed by atoms with Crippen LogP contribution in [-0.4, -0.2) is 14.4 Å². The molecule has 2 aromatic rings. The molecule has 17 heavy (non-hydrogen) atoms. The average molecular weight is 249 g/mol. The number of nitrogens with zero attached hydrogens (tertiary/aromatic N) is 1. The molecule has 0 saturated heterocycles. The summed E-state index contributed by atoms with van der Waals surface area (Å²) < 4.78 is 27.1. The van der Waals surface area contributed by atoms with Crippen LogP contribution in [0.1, 0.15) is 0 Å². The molecular weight excluding hydrogens is 238 g/mol. The van der Waals surface area contributed by atoms with Gasteiger partial charge in [-0.2, -0.15) is 8.42 Å². The molecule has 0 aromatic heterocycles. The van der Waals surface area contributed by atoms with Crippen molar-refractivity contribution in [2.24, 2.45) is 15.9 Å². The number of rotatable bonds is 2. The van der Waals surface area contributed by atoms with Crippen LogP contribution in [0.5, 0.6) is 0 Å². The Morgan fingerprint density at radius 3 is 2.35 bits per heavy atom. The summed E-state index contributed by atoms with van der Waals surface area (Å²) in [6.45, 7) is 0. The minimum Gasteiger partial charge on any atom is -0.369 e. The molecular formula is C11H11N3O2S. The van der Waals surface area contributed by atoms with Crippen LogP contribution >= 0.6 is 0 Å². The first-order valence-electron chi connectivity index (χ1n) is 4.84. The Kier molecular flexibility index (Phi) is 2.72. The van der Waals surface area contributed by atoms with E-state index in [9.17, 15) is 8.42 Å². The van der Waals surface area contributed by atoms with Gasteiger partial charge in [-0.25, -0.2) is 0 Å². The van der Waals surface area contributed by atoms with Crippen LogP contribution in [0, 0.1) is 0 Å². The van der Waals surface area contributed by atoms with Gasteiger partial charge in [0.15, 0.2) is 0 Å². The third-order valence-electron chi connectivity index (χ3n) is 2.25. The molecule has 4 N–H and O–H groups in total. The van der Waals surface area contributed by atoms with Gasteiger partial charge in [-0.1, -0.05) is 36.4 Å². The van der Waals surface area contributed by atoms with E-state index in [4.69, 9.17) is 11.5 Å². The van der Waals surface area contributed by atoms with Crippen molar-refractivity contribution in [3.63, 3.8) is 0 Å². The van der Waals surface area contributed by atoms with Crippen LogP contribution in [0.3, 0.4) is 0 Å². The van der Waals surface area contributed by atoms with Gasteiger partial charge < -0.3 is 11.5 Å². The molecule has 0 fully saturated rings. The van der Waals surface area contributed by atoms with E-state index < -0.39 is 16.0 Å². The second-order valence-corrected chi connectivity index (χ2v) is 5.04. The number of guanidine groups is 1. The van der Waals surface area contributed by atoms with E-state index in [1.165, 1.54) is 6.07 Å². The second kappa shape index (κ2) is 4.06. The van der Waals surface area contributed by atoms with Crippen molar-refractivity contribution >= 4 is 26.8 Å². The smallest absolute Gasteiger partial charge is 0.286 e. The van der Waals surface area contributed by atoms with Gasteiger partial charge in [0.05, 0.1) is 4.90 Å². The fraction of sp³-hybridized carbons (Fsp3) is 0. The predicted molar refractivity (Wildman–Crippen MR) is 66.9 cm³/mol. The normalized spacial score (nSPS) is 11.3. The molecule has 0 amide bonds. The molecule has 5 nitrogen and oxygen atoms in total. The molecule has 0 aliphatic heterocycles. The molecule has 2 aromatic carbocycles. The van der Waals surface area contributed by atoms with Gasteiger partial charge >= 0.3 is 0 Å². The standard InChI is InChI=1S/C11H11N3O2S/c12-11(13)14-17(15,16)10-7-3-5-8-4-1-2-6-9(8)10/h1-7H,(H4,12,13,14). The van der Waals surface area contributed by atoms with E-state index in [1.54, 1.807) is 18.2 Å². The molecule has 0 aliphatic carbocycles. The minimum absolute atomic E-state index is 0.101. The average Bonchev–Trinajstić information content (AvgIpc) is 2.26. The van der Waals surface area contributed by atoms with E-state index in [-0.39, 0.29) is 4.90 Å². The van der Waals surface area contributed by atoms with Crippen molar-refractivity contribution in [3.8, 4) is 0 Å². The van der Waals surface area contributed by atoms with E-state index >= 15 is 0 Å². The number of sulfonamides is 1. The highest BCUT2D eigenvalue weighted by molar-refractivity contribution is 7.90. The third-order valence-corrected chi connectivity index (χ3v) is 3.62. The number of hydrogen-bond donors (Lipinski definition) is 2. The lowest BCUT2D eigenvalue weighted by Crippen LogP contribution is -2.24. The maximum absolute atomic E-state index is 11.9. The first kappa shape index (κ1) is 11.4. The van der Waals surface area contributed by atoms with E-state index in [0.29, 0.717) is 5.39 Å². The van der Waals surface area contributed by atoms with Crippen LogP contribution in [-0.2, 0) is 10.0 Å². The van der Waals surface area contributed by atoms with Gasteiger partial charge in [0.25, 0.3) is 10.0 Å². The highest BCUT2D eigenvalue weighted by Crippen LogP contribution is 2.23. The predicted octanol–water partition coefficient (Wildman–Crippen LogP) is 0.802. The maximum atomic E-state index is 11.9. The summed E-state index contributed by atoms with van der Waals surface area (Å²) in [4.78, 5) is 0.101. The number of fused-ring (bicyclic) bond motifs is 1. The summed E-state index contributed by atoms with van der Waals surface area (Å²) in [6.07, 6.45) is 0. The molecule has 0 heterocycles. The summed E-state index contributed by atoms with van der Waals surface area (Å²) >= 11 is 0. The first-order chi connectivity index (χ1) is 8.00. The molecule has 0 atom stereocenters. The van der Waals surface area contributed by atoms with Crippen LogP contribution in [0.15, 0.2) is 51.8 Å². The SMILES string of the molecule is NC(N)=NS(=O)(=O)c1cccc2ccccc12. The summed E-state index contributed by atoms with van der Waals surface area (Å²) in [5.74, 6) is -0.474. The van der Waals surface area contributed by atoms with Crippen LogP contribution in [0.2, 0.25) is 0 Å². The Labute approximate surface area is 98.8 Å². The first-order valence-corrected chi connectivity index (χ1v) is 6.28. The van der Waals surface area contributed by atoms with Crippen molar-refractivity contribution in [1.82, 2.24) is 0 Å². The molecule has 0 radical (unpaired) electrons.